The van der Waals surface area contributed by atoms with Crippen LogP contribution in [-0.4, -0.2) is 32.6 Å². The Morgan fingerprint density at radius 2 is 1.76 bits per heavy atom. The van der Waals surface area contributed by atoms with Crippen molar-refractivity contribution in [3.05, 3.63) is 53.1 Å². The Balaban J connectivity index is 1.87. The average molecular weight is 363 g/mol. The number of hydrogen-bond acceptors (Lipinski definition) is 4. The smallest absolute Gasteiger partial charge is 0.313 e. The molecule has 0 atom stereocenters. The molecule has 2 aromatic rings. The summed E-state index contributed by atoms with van der Waals surface area (Å²) in [7, 11) is 3.01. The van der Waals surface area contributed by atoms with E-state index in [9.17, 15) is 9.59 Å². The third-order valence-electron chi connectivity index (χ3n) is 3.44. The van der Waals surface area contributed by atoms with Crippen LogP contribution in [0.3, 0.4) is 0 Å². The largest absolute Gasteiger partial charge is 0.493 e. The van der Waals surface area contributed by atoms with Crippen molar-refractivity contribution in [1.82, 2.24) is 5.32 Å². The Hall–Kier alpha value is -2.73. The number of methoxy groups -OCH3 is 2. The normalized spacial score (nSPS) is 10.0. The summed E-state index contributed by atoms with van der Waals surface area (Å²) in [6.45, 7) is 0.332. The number of nitrogens with one attached hydrogen (secondary N) is 2. The Morgan fingerprint density at radius 1 is 1.00 bits per heavy atom. The van der Waals surface area contributed by atoms with E-state index in [1.165, 1.54) is 14.2 Å². The van der Waals surface area contributed by atoms with Crippen LogP contribution in [0, 0.1) is 0 Å². The second-order valence-corrected chi connectivity index (χ2v) is 5.60. The van der Waals surface area contributed by atoms with Crippen LogP contribution in [0.4, 0.5) is 5.69 Å². The number of benzene rings is 2. The van der Waals surface area contributed by atoms with Crippen LogP contribution >= 0.6 is 11.6 Å². The zero-order chi connectivity index (χ0) is 18.2. The van der Waals surface area contributed by atoms with Crippen LogP contribution in [0.5, 0.6) is 11.5 Å². The Labute approximate surface area is 151 Å². The molecule has 0 saturated heterocycles. The summed E-state index contributed by atoms with van der Waals surface area (Å²) in [6, 6.07) is 12.2. The molecule has 0 radical (unpaired) electrons. The lowest BCUT2D eigenvalue weighted by molar-refractivity contribution is -0.136. The molecule has 2 rings (SSSR count). The van der Waals surface area contributed by atoms with Crippen LogP contribution in [0.2, 0.25) is 5.02 Å². The van der Waals surface area contributed by atoms with E-state index in [0.29, 0.717) is 35.2 Å². The first-order valence-corrected chi connectivity index (χ1v) is 7.97. The van der Waals surface area contributed by atoms with Gasteiger partial charge in [-0.3, -0.25) is 9.59 Å². The van der Waals surface area contributed by atoms with Gasteiger partial charge >= 0.3 is 11.8 Å². The molecule has 0 aliphatic carbocycles. The zero-order valence-electron chi connectivity index (χ0n) is 14.0. The summed E-state index contributed by atoms with van der Waals surface area (Å²) in [4.78, 5) is 23.8. The molecule has 0 aliphatic heterocycles. The average Bonchev–Trinajstić information content (AvgIpc) is 2.61. The van der Waals surface area contributed by atoms with Gasteiger partial charge in [0.1, 0.15) is 0 Å². The van der Waals surface area contributed by atoms with E-state index in [1.54, 1.807) is 24.3 Å². The van der Waals surface area contributed by atoms with Crippen LogP contribution in [0.15, 0.2) is 42.5 Å². The fraction of sp³-hybridized carbons (Fsp3) is 0.222. The van der Waals surface area contributed by atoms with Crippen LogP contribution in [-0.2, 0) is 16.0 Å². The van der Waals surface area contributed by atoms with Gasteiger partial charge in [0, 0.05) is 23.3 Å². The molecule has 0 saturated carbocycles. The number of halogens is 1. The quantitative estimate of drug-likeness (QED) is 0.774. The predicted molar refractivity (Wildman–Crippen MR) is 96.3 cm³/mol. The molecule has 6 nitrogen and oxygen atoms in total. The van der Waals surface area contributed by atoms with Gasteiger partial charge in [-0.1, -0.05) is 23.7 Å². The first-order chi connectivity index (χ1) is 12.0. The van der Waals surface area contributed by atoms with E-state index in [2.05, 4.69) is 10.6 Å². The molecule has 0 aliphatic rings. The van der Waals surface area contributed by atoms with Crippen LogP contribution < -0.4 is 20.1 Å². The molecule has 0 unspecified atom stereocenters. The van der Waals surface area contributed by atoms with Crippen molar-refractivity contribution in [2.75, 3.05) is 26.1 Å². The monoisotopic (exact) mass is 362 g/mol. The van der Waals surface area contributed by atoms with Gasteiger partial charge in [0.2, 0.25) is 0 Å². The zero-order valence-corrected chi connectivity index (χ0v) is 14.7. The molecule has 7 heteroatoms. The number of hydrogen-bond donors (Lipinski definition) is 2. The van der Waals surface area contributed by atoms with Crippen molar-refractivity contribution in [2.45, 2.75) is 6.42 Å². The minimum absolute atomic E-state index is 0.332. The lowest BCUT2D eigenvalue weighted by Crippen LogP contribution is -2.36. The Bertz CT molecular complexity index is 764. The summed E-state index contributed by atoms with van der Waals surface area (Å²) in [5.74, 6) is -0.469. The third-order valence-corrected chi connectivity index (χ3v) is 3.67. The highest BCUT2D eigenvalue weighted by atomic mass is 35.5. The minimum atomic E-state index is -0.752. The van der Waals surface area contributed by atoms with Crippen molar-refractivity contribution in [2.24, 2.45) is 0 Å². The van der Waals surface area contributed by atoms with Gasteiger partial charge in [-0.05, 0) is 36.2 Å². The van der Waals surface area contributed by atoms with Crippen molar-refractivity contribution in [1.29, 1.82) is 0 Å². The maximum Gasteiger partial charge on any atom is 0.313 e. The van der Waals surface area contributed by atoms with Gasteiger partial charge < -0.3 is 20.1 Å². The first-order valence-electron chi connectivity index (χ1n) is 7.59. The highest BCUT2D eigenvalue weighted by Crippen LogP contribution is 2.29. The number of carbonyl (C=O) groups excluding carboxylic acids is 2. The second kappa shape index (κ2) is 8.94. The highest BCUT2D eigenvalue weighted by molar-refractivity contribution is 6.39. The molecule has 0 aromatic heterocycles. The molecule has 0 bridgehead atoms. The van der Waals surface area contributed by atoms with Crippen molar-refractivity contribution < 1.29 is 19.1 Å². The summed E-state index contributed by atoms with van der Waals surface area (Å²) in [5.41, 5.74) is 1.42. The van der Waals surface area contributed by atoms with E-state index in [-0.39, 0.29) is 0 Å². The molecular formula is C18H19ClN2O4. The van der Waals surface area contributed by atoms with Gasteiger partial charge in [-0.2, -0.15) is 0 Å². The summed E-state index contributed by atoms with van der Waals surface area (Å²) in [6.07, 6.45) is 0.579. The number of amides is 2. The number of anilines is 1. The van der Waals surface area contributed by atoms with Gasteiger partial charge in [-0.15, -0.1) is 0 Å². The lowest BCUT2D eigenvalue weighted by Gasteiger charge is -2.10. The van der Waals surface area contributed by atoms with Gasteiger partial charge in [0.25, 0.3) is 0 Å². The third kappa shape index (κ3) is 5.39. The fourth-order valence-corrected chi connectivity index (χ4v) is 2.41. The van der Waals surface area contributed by atoms with E-state index >= 15 is 0 Å². The maximum atomic E-state index is 11.9. The number of rotatable bonds is 6. The standard InChI is InChI=1S/C18H19ClN2O4/c1-24-15-7-6-14(11-16(15)25-2)21-18(23)17(22)20-9-8-12-4-3-5-13(19)10-12/h3-7,10-11H,8-9H2,1-2H3,(H,20,22)(H,21,23). The molecule has 2 N–H and O–H groups in total. The van der Waals surface area contributed by atoms with Crippen molar-refractivity contribution >= 4 is 29.1 Å². The molecular weight excluding hydrogens is 344 g/mol. The van der Waals surface area contributed by atoms with Crippen LogP contribution in [0.25, 0.3) is 0 Å². The lowest BCUT2D eigenvalue weighted by atomic mass is 10.1. The van der Waals surface area contributed by atoms with Crippen LogP contribution in [0.1, 0.15) is 5.56 Å². The van der Waals surface area contributed by atoms with E-state index in [4.69, 9.17) is 21.1 Å². The van der Waals surface area contributed by atoms with Crippen molar-refractivity contribution in [3.8, 4) is 11.5 Å². The molecule has 2 amide bonds. The Kier molecular flexibility index (Phi) is 6.65. The molecule has 132 valence electrons. The SMILES string of the molecule is COc1ccc(NC(=O)C(=O)NCCc2cccc(Cl)c2)cc1OC. The fourth-order valence-electron chi connectivity index (χ4n) is 2.19. The molecule has 0 fully saturated rings. The minimum Gasteiger partial charge on any atom is -0.493 e. The first kappa shape index (κ1) is 18.6. The summed E-state index contributed by atoms with van der Waals surface area (Å²) >= 11 is 5.90. The number of carbonyl (C=O) groups is 2. The topological polar surface area (TPSA) is 76.7 Å². The van der Waals surface area contributed by atoms with E-state index < -0.39 is 11.8 Å². The number of ether oxygens (including phenoxy) is 2. The second-order valence-electron chi connectivity index (χ2n) is 5.16. The van der Waals surface area contributed by atoms with E-state index in [0.717, 1.165) is 5.56 Å². The van der Waals surface area contributed by atoms with Gasteiger partial charge in [0.05, 0.1) is 14.2 Å². The maximum absolute atomic E-state index is 11.9. The van der Waals surface area contributed by atoms with Gasteiger partial charge in [-0.25, -0.2) is 0 Å². The molecule has 0 heterocycles. The Morgan fingerprint density at radius 3 is 2.44 bits per heavy atom. The molecule has 2 aromatic carbocycles. The highest BCUT2D eigenvalue weighted by Gasteiger charge is 2.14. The summed E-state index contributed by atoms with van der Waals surface area (Å²) in [5, 5.41) is 5.72. The predicted octanol–water partition coefficient (Wildman–Crippen LogP) is 2.65. The molecule has 0 spiro atoms. The van der Waals surface area contributed by atoms with E-state index in [1.807, 2.05) is 18.2 Å². The molecule has 25 heavy (non-hydrogen) atoms. The van der Waals surface area contributed by atoms with Crippen molar-refractivity contribution in [3.63, 3.8) is 0 Å². The van der Waals surface area contributed by atoms with Gasteiger partial charge in [0.15, 0.2) is 11.5 Å². The summed E-state index contributed by atoms with van der Waals surface area (Å²) < 4.78 is 10.3.